The third-order valence-electron chi connectivity index (χ3n) is 2.08. The van der Waals surface area contributed by atoms with E-state index >= 15 is 0 Å². The molecule has 1 aromatic rings. The molecule has 0 aliphatic carbocycles. The van der Waals surface area contributed by atoms with Crippen molar-refractivity contribution >= 4 is 23.2 Å². The highest BCUT2D eigenvalue weighted by Crippen LogP contribution is 2.10. The molecule has 0 fully saturated rings. The van der Waals surface area contributed by atoms with E-state index in [1.165, 1.54) is 0 Å². The normalized spacial score (nSPS) is 10.8. The Labute approximate surface area is 106 Å². The lowest BCUT2D eigenvalue weighted by Crippen LogP contribution is -2.49. The second-order valence-electron chi connectivity index (χ2n) is 4.61. The van der Waals surface area contributed by atoms with Crippen LogP contribution in [0.2, 0.25) is 0 Å². The van der Waals surface area contributed by atoms with E-state index < -0.39 is 5.54 Å². The number of hydroxylamine groups is 2. The van der Waals surface area contributed by atoms with Gasteiger partial charge in [0.25, 0.3) is 5.91 Å². The van der Waals surface area contributed by atoms with Gasteiger partial charge in [0.15, 0.2) is 5.11 Å². The molecule has 4 nitrogen and oxygen atoms in total. The fraction of sp³-hybridized carbons (Fsp3) is 0.333. The summed E-state index contributed by atoms with van der Waals surface area (Å²) in [6.45, 7) is 5.36. The van der Waals surface area contributed by atoms with Crippen LogP contribution in [0.15, 0.2) is 30.3 Å². The molecule has 17 heavy (non-hydrogen) atoms. The van der Waals surface area contributed by atoms with Gasteiger partial charge < -0.3 is 0 Å². The van der Waals surface area contributed by atoms with E-state index in [-0.39, 0.29) is 11.0 Å². The Morgan fingerprint density at radius 1 is 1.29 bits per heavy atom. The molecule has 0 radical (unpaired) electrons. The van der Waals surface area contributed by atoms with Gasteiger partial charge in [0.1, 0.15) is 0 Å². The standard InChI is InChI=1S/C12H16N2O2S/c1-12(2,3)14(16)11(17)13-10(15)9-7-5-4-6-8-9/h4-8,16H,1-3H3,(H,13,15,17). The summed E-state index contributed by atoms with van der Waals surface area (Å²) in [6, 6.07) is 8.70. The average Bonchev–Trinajstić information content (AvgIpc) is 2.27. The van der Waals surface area contributed by atoms with Gasteiger partial charge in [-0.2, -0.15) is 0 Å². The van der Waals surface area contributed by atoms with E-state index in [2.05, 4.69) is 5.32 Å². The van der Waals surface area contributed by atoms with Gasteiger partial charge in [-0.1, -0.05) is 18.2 Å². The van der Waals surface area contributed by atoms with Crippen LogP contribution in [-0.4, -0.2) is 26.8 Å². The zero-order valence-electron chi connectivity index (χ0n) is 10.1. The van der Waals surface area contributed by atoms with Crippen LogP contribution in [0.25, 0.3) is 0 Å². The minimum Gasteiger partial charge on any atom is -0.297 e. The molecule has 92 valence electrons. The first-order chi connectivity index (χ1) is 7.82. The maximum atomic E-state index is 11.8. The molecular formula is C12H16N2O2S. The Bertz CT molecular complexity index is 412. The third-order valence-corrected chi connectivity index (χ3v) is 2.36. The van der Waals surface area contributed by atoms with Crippen LogP contribution in [0.4, 0.5) is 0 Å². The number of carbonyl (C=O) groups is 1. The predicted molar refractivity (Wildman–Crippen MR) is 69.9 cm³/mol. The van der Waals surface area contributed by atoms with E-state index in [0.717, 1.165) is 5.06 Å². The van der Waals surface area contributed by atoms with Crippen molar-refractivity contribution in [3.63, 3.8) is 0 Å². The molecule has 2 N–H and O–H groups in total. The molecule has 0 saturated heterocycles. The van der Waals surface area contributed by atoms with Gasteiger partial charge in [0.05, 0.1) is 5.54 Å². The quantitative estimate of drug-likeness (QED) is 0.594. The van der Waals surface area contributed by atoms with Gasteiger partial charge in [-0.25, -0.2) is 5.06 Å². The molecule has 0 heterocycles. The van der Waals surface area contributed by atoms with Crippen LogP contribution in [0, 0.1) is 0 Å². The number of rotatable bonds is 1. The molecule has 0 aliphatic rings. The molecule has 0 aliphatic heterocycles. The molecule has 0 bridgehead atoms. The molecule has 0 unspecified atom stereocenters. The molecule has 1 rings (SSSR count). The van der Waals surface area contributed by atoms with Crippen molar-refractivity contribution in [2.24, 2.45) is 0 Å². The number of carbonyl (C=O) groups excluding carboxylic acids is 1. The van der Waals surface area contributed by atoms with Gasteiger partial charge in [0, 0.05) is 5.56 Å². The third kappa shape index (κ3) is 3.80. The Balaban J connectivity index is 2.68. The van der Waals surface area contributed by atoms with E-state index in [9.17, 15) is 10.0 Å². The monoisotopic (exact) mass is 252 g/mol. The summed E-state index contributed by atoms with van der Waals surface area (Å²) in [6.07, 6.45) is 0. The number of hydrogen-bond acceptors (Lipinski definition) is 3. The first kappa shape index (κ1) is 13.6. The van der Waals surface area contributed by atoms with Crippen LogP contribution in [0.3, 0.4) is 0 Å². The highest BCUT2D eigenvalue weighted by Gasteiger charge is 2.23. The first-order valence-corrected chi connectivity index (χ1v) is 5.62. The second kappa shape index (κ2) is 5.25. The minimum absolute atomic E-state index is 0.00801. The Morgan fingerprint density at radius 3 is 2.29 bits per heavy atom. The lowest BCUT2D eigenvalue weighted by molar-refractivity contribution is -0.0849. The van der Waals surface area contributed by atoms with Gasteiger partial charge >= 0.3 is 0 Å². The maximum Gasteiger partial charge on any atom is 0.257 e. The first-order valence-electron chi connectivity index (χ1n) is 5.22. The summed E-state index contributed by atoms with van der Waals surface area (Å²) in [5, 5.41) is 13.1. The van der Waals surface area contributed by atoms with Crippen LogP contribution in [0.1, 0.15) is 31.1 Å². The smallest absolute Gasteiger partial charge is 0.257 e. The fourth-order valence-electron chi connectivity index (χ4n) is 1.12. The van der Waals surface area contributed by atoms with Crippen molar-refractivity contribution in [3.05, 3.63) is 35.9 Å². The van der Waals surface area contributed by atoms with Gasteiger partial charge in [0.2, 0.25) is 0 Å². The Morgan fingerprint density at radius 2 is 1.82 bits per heavy atom. The van der Waals surface area contributed by atoms with Crippen molar-refractivity contribution in [2.45, 2.75) is 26.3 Å². The summed E-state index contributed by atoms with van der Waals surface area (Å²) in [5.74, 6) is -0.334. The summed E-state index contributed by atoms with van der Waals surface area (Å²) in [5.41, 5.74) is -0.0571. The lowest BCUT2D eigenvalue weighted by atomic mass is 10.1. The van der Waals surface area contributed by atoms with E-state index in [1.54, 1.807) is 45.0 Å². The fourth-order valence-corrected chi connectivity index (χ4v) is 1.48. The molecule has 1 amide bonds. The molecule has 0 saturated carbocycles. The second-order valence-corrected chi connectivity index (χ2v) is 4.99. The average molecular weight is 252 g/mol. The molecule has 1 aromatic carbocycles. The lowest BCUT2D eigenvalue weighted by Gasteiger charge is -2.31. The van der Waals surface area contributed by atoms with Crippen molar-refractivity contribution in [2.75, 3.05) is 0 Å². The molecule has 0 atom stereocenters. The summed E-state index contributed by atoms with van der Waals surface area (Å²) in [7, 11) is 0. The van der Waals surface area contributed by atoms with Crippen molar-refractivity contribution in [1.82, 2.24) is 10.4 Å². The zero-order chi connectivity index (χ0) is 13.1. The molecule has 0 spiro atoms. The number of amides is 1. The largest absolute Gasteiger partial charge is 0.297 e. The van der Waals surface area contributed by atoms with Crippen molar-refractivity contribution in [1.29, 1.82) is 0 Å². The maximum absolute atomic E-state index is 11.8. The summed E-state index contributed by atoms with van der Waals surface area (Å²) >= 11 is 4.95. The highest BCUT2D eigenvalue weighted by molar-refractivity contribution is 7.80. The number of benzene rings is 1. The molecular weight excluding hydrogens is 236 g/mol. The zero-order valence-corrected chi connectivity index (χ0v) is 10.9. The highest BCUT2D eigenvalue weighted by atomic mass is 32.1. The minimum atomic E-state index is -0.555. The molecule has 5 heteroatoms. The van der Waals surface area contributed by atoms with E-state index in [4.69, 9.17) is 12.2 Å². The Kier molecular flexibility index (Phi) is 4.20. The van der Waals surface area contributed by atoms with Crippen LogP contribution >= 0.6 is 12.2 Å². The summed E-state index contributed by atoms with van der Waals surface area (Å²) < 4.78 is 0. The van der Waals surface area contributed by atoms with Crippen LogP contribution < -0.4 is 5.32 Å². The van der Waals surface area contributed by atoms with Crippen LogP contribution in [0.5, 0.6) is 0 Å². The van der Waals surface area contributed by atoms with E-state index in [0.29, 0.717) is 5.56 Å². The molecule has 0 aromatic heterocycles. The summed E-state index contributed by atoms with van der Waals surface area (Å²) in [4.78, 5) is 11.8. The number of hydrogen-bond donors (Lipinski definition) is 2. The van der Waals surface area contributed by atoms with Crippen LogP contribution in [-0.2, 0) is 0 Å². The number of nitrogens with zero attached hydrogens (tertiary/aromatic N) is 1. The number of thiocarbonyl (C=S) groups is 1. The van der Waals surface area contributed by atoms with Gasteiger partial charge in [-0.05, 0) is 45.1 Å². The number of nitrogens with one attached hydrogen (secondary N) is 1. The van der Waals surface area contributed by atoms with Gasteiger partial charge in [-0.3, -0.25) is 15.3 Å². The topological polar surface area (TPSA) is 52.6 Å². The van der Waals surface area contributed by atoms with Crippen molar-refractivity contribution < 1.29 is 10.0 Å². The van der Waals surface area contributed by atoms with Gasteiger partial charge in [-0.15, -0.1) is 0 Å². The predicted octanol–water partition coefficient (Wildman–Crippen LogP) is 2.19. The van der Waals surface area contributed by atoms with Crippen molar-refractivity contribution in [3.8, 4) is 0 Å². The Hall–Kier alpha value is -1.46. The van der Waals surface area contributed by atoms with E-state index in [1.807, 2.05) is 6.07 Å². The SMILES string of the molecule is CC(C)(C)N(O)C(=S)NC(=O)c1ccccc1.